The molecule has 7 nitrogen and oxygen atoms in total. The predicted octanol–water partition coefficient (Wildman–Crippen LogP) is 6.75. The second kappa shape index (κ2) is 12.0. The Labute approximate surface area is 237 Å². The number of hydrogen-bond acceptors (Lipinski definition) is 3. The number of rotatable bonds is 10. The third-order valence-corrected chi connectivity index (χ3v) is 7.67. The molecule has 1 aromatic heterocycles. The fourth-order valence-electron chi connectivity index (χ4n) is 4.61. The van der Waals surface area contributed by atoms with Gasteiger partial charge in [0.15, 0.2) is 0 Å². The number of methoxy groups -OCH3 is 1. The van der Waals surface area contributed by atoms with Crippen LogP contribution in [-0.4, -0.2) is 53.0 Å². The molecule has 1 heterocycles. The second-order valence-corrected chi connectivity index (χ2v) is 10.5. The molecule has 1 fully saturated rings. The van der Waals surface area contributed by atoms with Crippen LogP contribution in [0.3, 0.4) is 0 Å². The summed E-state index contributed by atoms with van der Waals surface area (Å²) in [6, 6.07) is 20.4. The minimum Gasteiger partial charge on any atom is -0.497 e. The standard InChI is InChI=1S/C30H30Cl2N4O3/c1-39-24-11-7-22(8-12-24)34-30(38)36(23-9-10-23)19-29(37)35(18-20-6-13-26(31)27(32)16-20)15-14-21-17-33-28-5-3-2-4-25(21)28/h2-8,11-13,16-17,23,33H,9-10,14-15,18-19H2,1H3,(H,34,38). The molecule has 1 aliphatic carbocycles. The Bertz CT molecular complexity index is 1470. The summed E-state index contributed by atoms with van der Waals surface area (Å²) in [4.78, 5) is 33.7. The van der Waals surface area contributed by atoms with Gasteiger partial charge in [-0.1, -0.05) is 47.5 Å². The van der Waals surface area contributed by atoms with Crippen LogP contribution in [0, 0.1) is 0 Å². The van der Waals surface area contributed by atoms with Gasteiger partial charge in [-0.05, 0) is 72.9 Å². The summed E-state index contributed by atoms with van der Waals surface area (Å²) >= 11 is 12.4. The number of benzene rings is 3. The van der Waals surface area contributed by atoms with Gasteiger partial charge in [-0.25, -0.2) is 4.79 Å². The lowest BCUT2D eigenvalue weighted by atomic mass is 10.1. The van der Waals surface area contributed by atoms with E-state index in [0.29, 0.717) is 41.0 Å². The highest BCUT2D eigenvalue weighted by Gasteiger charge is 2.35. The molecule has 0 spiro atoms. The van der Waals surface area contributed by atoms with Crippen LogP contribution in [-0.2, 0) is 17.8 Å². The Balaban J connectivity index is 1.32. The minimum absolute atomic E-state index is 0.0120. The summed E-state index contributed by atoms with van der Waals surface area (Å²) in [5.74, 6) is 0.577. The van der Waals surface area contributed by atoms with Crippen molar-refractivity contribution >= 4 is 51.7 Å². The molecule has 0 atom stereocenters. The summed E-state index contributed by atoms with van der Waals surface area (Å²) < 4.78 is 5.19. The maximum atomic E-state index is 13.7. The highest BCUT2D eigenvalue weighted by molar-refractivity contribution is 6.42. The summed E-state index contributed by atoms with van der Waals surface area (Å²) in [6.45, 7) is 0.831. The molecule has 3 aromatic carbocycles. The number of anilines is 1. The molecule has 0 unspecified atom stereocenters. The van der Waals surface area contributed by atoms with Crippen LogP contribution < -0.4 is 10.1 Å². The number of hydrogen-bond donors (Lipinski definition) is 2. The van der Waals surface area contributed by atoms with Crippen molar-refractivity contribution in [3.05, 3.63) is 94.1 Å². The van der Waals surface area contributed by atoms with Crippen LogP contribution in [0.2, 0.25) is 10.0 Å². The van der Waals surface area contributed by atoms with E-state index in [-0.39, 0.29) is 24.5 Å². The first kappa shape index (κ1) is 26.9. The van der Waals surface area contributed by atoms with E-state index in [0.717, 1.165) is 34.9 Å². The Morgan fingerprint density at radius 1 is 1.03 bits per heavy atom. The molecular formula is C30H30Cl2N4O3. The maximum Gasteiger partial charge on any atom is 0.322 e. The van der Waals surface area contributed by atoms with E-state index >= 15 is 0 Å². The van der Waals surface area contributed by atoms with Crippen LogP contribution in [0.25, 0.3) is 10.9 Å². The summed E-state index contributed by atoms with van der Waals surface area (Å²) in [7, 11) is 1.59. The van der Waals surface area contributed by atoms with Gasteiger partial charge in [0.05, 0.1) is 17.2 Å². The third-order valence-electron chi connectivity index (χ3n) is 6.93. The highest BCUT2D eigenvalue weighted by atomic mass is 35.5. The van der Waals surface area contributed by atoms with E-state index < -0.39 is 0 Å². The molecule has 0 saturated heterocycles. The van der Waals surface area contributed by atoms with Crippen LogP contribution in [0.5, 0.6) is 5.75 Å². The fourth-order valence-corrected chi connectivity index (χ4v) is 4.93. The molecular weight excluding hydrogens is 535 g/mol. The average Bonchev–Trinajstić information content (AvgIpc) is 3.71. The Morgan fingerprint density at radius 2 is 1.79 bits per heavy atom. The number of urea groups is 1. The van der Waals surface area contributed by atoms with E-state index in [1.807, 2.05) is 30.5 Å². The summed E-state index contributed by atoms with van der Waals surface area (Å²) in [5.41, 5.74) is 3.71. The number of ether oxygens (including phenoxy) is 1. The maximum absolute atomic E-state index is 13.7. The number of fused-ring (bicyclic) bond motifs is 1. The van der Waals surface area contributed by atoms with Crippen LogP contribution in [0.1, 0.15) is 24.0 Å². The number of amides is 3. The lowest BCUT2D eigenvalue weighted by Crippen LogP contribution is -2.45. The first-order valence-electron chi connectivity index (χ1n) is 12.9. The molecule has 39 heavy (non-hydrogen) atoms. The molecule has 5 rings (SSSR count). The van der Waals surface area contributed by atoms with Crippen molar-refractivity contribution in [1.29, 1.82) is 0 Å². The smallest absolute Gasteiger partial charge is 0.322 e. The van der Waals surface area contributed by atoms with Gasteiger partial charge in [0, 0.05) is 41.9 Å². The average molecular weight is 566 g/mol. The Kier molecular flexibility index (Phi) is 8.29. The molecule has 0 radical (unpaired) electrons. The lowest BCUT2D eigenvalue weighted by Gasteiger charge is -2.28. The number of H-pyrrole nitrogens is 1. The third kappa shape index (κ3) is 6.67. The van der Waals surface area contributed by atoms with Crippen molar-refractivity contribution in [2.24, 2.45) is 0 Å². The molecule has 0 bridgehead atoms. The van der Waals surface area contributed by atoms with Crippen LogP contribution in [0.15, 0.2) is 72.9 Å². The normalized spacial score (nSPS) is 12.8. The highest BCUT2D eigenvalue weighted by Crippen LogP contribution is 2.29. The van der Waals surface area contributed by atoms with Crippen molar-refractivity contribution in [1.82, 2.24) is 14.8 Å². The molecule has 0 aliphatic heterocycles. The first-order chi connectivity index (χ1) is 18.9. The van der Waals surface area contributed by atoms with Crippen LogP contribution in [0.4, 0.5) is 10.5 Å². The van der Waals surface area contributed by atoms with Gasteiger partial charge >= 0.3 is 6.03 Å². The zero-order valence-electron chi connectivity index (χ0n) is 21.6. The van der Waals surface area contributed by atoms with Crippen molar-refractivity contribution in [3.63, 3.8) is 0 Å². The van der Waals surface area contributed by atoms with Crippen molar-refractivity contribution in [2.75, 3.05) is 25.5 Å². The number of aromatic nitrogens is 1. The number of halogens is 2. The van der Waals surface area contributed by atoms with Gasteiger partial charge in [0.1, 0.15) is 12.3 Å². The van der Waals surface area contributed by atoms with Gasteiger partial charge in [-0.3, -0.25) is 4.79 Å². The quantitative estimate of drug-likeness (QED) is 0.223. The number of carbonyl (C=O) groups is 2. The molecule has 3 amide bonds. The zero-order chi connectivity index (χ0) is 27.4. The largest absolute Gasteiger partial charge is 0.497 e. The van der Waals surface area contributed by atoms with Crippen molar-refractivity contribution < 1.29 is 14.3 Å². The van der Waals surface area contributed by atoms with E-state index in [4.69, 9.17) is 27.9 Å². The number of carbonyl (C=O) groups excluding carboxylic acids is 2. The zero-order valence-corrected chi connectivity index (χ0v) is 23.1. The first-order valence-corrected chi connectivity index (χ1v) is 13.6. The van der Waals surface area contributed by atoms with E-state index in [9.17, 15) is 9.59 Å². The van der Waals surface area contributed by atoms with Gasteiger partial charge in [-0.15, -0.1) is 0 Å². The van der Waals surface area contributed by atoms with E-state index in [2.05, 4.69) is 16.4 Å². The second-order valence-electron chi connectivity index (χ2n) is 9.69. The van der Waals surface area contributed by atoms with Gasteiger partial charge in [0.25, 0.3) is 0 Å². The molecule has 202 valence electrons. The number of nitrogens with zero attached hydrogens (tertiary/aromatic N) is 2. The van der Waals surface area contributed by atoms with Gasteiger partial charge < -0.3 is 24.8 Å². The minimum atomic E-state index is -0.290. The SMILES string of the molecule is COc1ccc(NC(=O)N(CC(=O)N(CCc2c[nH]c3ccccc23)Cc2ccc(Cl)c(Cl)c2)C2CC2)cc1. The predicted molar refractivity (Wildman–Crippen MR) is 156 cm³/mol. The van der Waals surface area contributed by atoms with Crippen LogP contribution >= 0.6 is 23.2 Å². The van der Waals surface area contributed by atoms with E-state index in [1.54, 1.807) is 53.3 Å². The Morgan fingerprint density at radius 3 is 2.51 bits per heavy atom. The lowest BCUT2D eigenvalue weighted by molar-refractivity contribution is -0.132. The van der Waals surface area contributed by atoms with Crippen molar-refractivity contribution in [2.45, 2.75) is 31.8 Å². The molecule has 4 aromatic rings. The number of nitrogens with one attached hydrogen (secondary N) is 2. The summed E-state index contributed by atoms with van der Waals surface area (Å²) in [6.07, 6.45) is 4.42. The van der Waals surface area contributed by atoms with Crippen molar-refractivity contribution in [3.8, 4) is 5.75 Å². The topological polar surface area (TPSA) is 77.7 Å². The molecule has 1 aliphatic rings. The molecule has 9 heteroatoms. The summed E-state index contributed by atoms with van der Waals surface area (Å²) in [5, 5.41) is 4.96. The molecule has 1 saturated carbocycles. The number of aromatic amines is 1. The Hall–Kier alpha value is -3.68. The van der Waals surface area contributed by atoms with Gasteiger partial charge in [0.2, 0.25) is 5.91 Å². The fraction of sp³-hybridized carbons (Fsp3) is 0.267. The number of para-hydroxylation sites is 1. The monoisotopic (exact) mass is 564 g/mol. The van der Waals surface area contributed by atoms with E-state index in [1.165, 1.54) is 0 Å². The molecule has 2 N–H and O–H groups in total. The van der Waals surface area contributed by atoms with Gasteiger partial charge in [-0.2, -0.15) is 0 Å².